The van der Waals surface area contributed by atoms with Gasteiger partial charge in [0.1, 0.15) is 5.82 Å². The van der Waals surface area contributed by atoms with Crippen LogP contribution in [0.2, 0.25) is 0 Å². The summed E-state index contributed by atoms with van der Waals surface area (Å²) in [6.45, 7) is 2.79. The first-order valence-corrected chi connectivity index (χ1v) is 7.14. The van der Waals surface area contributed by atoms with Crippen LogP contribution in [0.25, 0.3) is 11.0 Å². The zero-order valence-electron chi connectivity index (χ0n) is 11.3. The first-order chi connectivity index (χ1) is 9.33. The van der Waals surface area contributed by atoms with Crippen molar-refractivity contribution in [1.82, 2.24) is 9.55 Å². The fourth-order valence-corrected chi connectivity index (χ4v) is 3.32. The Morgan fingerprint density at radius 3 is 3.00 bits per heavy atom. The van der Waals surface area contributed by atoms with Crippen LogP contribution in [0.4, 0.5) is 5.69 Å². The fourth-order valence-electron chi connectivity index (χ4n) is 3.32. The van der Waals surface area contributed by atoms with E-state index in [-0.39, 0.29) is 0 Å². The van der Waals surface area contributed by atoms with Crippen molar-refractivity contribution in [3.05, 3.63) is 23.5 Å². The summed E-state index contributed by atoms with van der Waals surface area (Å²) in [4.78, 5) is 4.89. The Kier molecular flexibility index (Phi) is 2.52. The summed E-state index contributed by atoms with van der Waals surface area (Å²) >= 11 is 0. The molecule has 2 aliphatic rings. The van der Waals surface area contributed by atoms with E-state index in [4.69, 9.17) is 9.72 Å². The van der Waals surface area contributed by atoms with E-state index >= 15 is 0 Å². The zero-order valence-corrected chi connectivity index (χ0v) is 11.3. The molecule has 0 bridgehead atoms. The Morgan fingerprint density at radius 2 is 2.16 bits per heavy atom. The molecule has 1 N–H and O–H groups in total. The van der Waals surface area contributed by atoms with Gasteiger partial charge in [-0.2, -0.15) is 0 Å². The van der Waals surface area contributed by atoms with Gasteiger partial charge in [-0.3, -0.25) is 0 Å². The second-order valence-corrected chi connectivity index (χ2v) is 5.59. The highest BCUT2D eigenvalue weighted by molar-refractivity contribution is 5.83. The smallest absolute Gasteiger partial charge is 0.112 e. The van der Waals surface area contributed by atoms with Crippen LogP contribution in [0.15, 0.2) is 12.1 Å². The highest BCUT2D eigenvalue weighted by Crippen LogP contribution is 2.32. The van der Waals surface area contributed by atoms with Crippen molar-refractivity contribution in [2.45, 2.75) is 25.2 Å². The zero-order chi connectivity index (χ0) is 12.8. The van der Waals surface area contributed by atoms with E-state index in [1.54, 1.807) is 0 Å². The molecule has 19 heavy (non-hydrogen) atoms. The molecule has 1 aromatic carbocycles. The van der Waals surface area contributed by atoms with Gasteiger partial charge in [0.15, 0.2) is 0 Å². The van der Waals surface area contributed by atoms with E-state index in [9.17, 15) is 0 Å². The van der Waals surface area contributed by atoms with E-state index in [0.717, 1.165) is 44.5 Å². The molecule has 0 aliphatic carbocycles. The van der Waals surface area contributed by atoms with Crippen LogP contribution in [0.1, 0.15) is 30.1 Å². The third-order valence-corrected chi connectivity index (χ3v) is 4.44. The largest absolute Gasteiger partial charge is 0.384 e. The molecule has 0 amide bonds. The molecule has 0 spiro atoms. The van der Waals surface area contributed by atoms with E-state index < -0.39 is 0 Å². The van der Waals surface area contributed by atoms with Gasteiger partial charge in [-0.25, -0.2) is 4.98 Å². The van der Waals surface area contributed by atoms with Gasteiger partial charge in [0, 0.05) is 38.4 Å². The average molecular weight is 257 g/mol. The predicted octanol–water partition coefficient (Wildman–Crippen LogP) is 2.44. The van der Waals surface area contributed by atoms with Crippen LogP contribution in [0.5, 0.6) is 0 Å². The number of fused-ring (bicyclic) bond motifs is 2. The Morgan fingerprint density at radius 1 is 1.32 bits per heavy atom. The molecule has 4 heteroatoms. The number of hydrogen-bond donors (Lipinski definition) is 1. The van der Waals surface area contributed by atoms with Gasteiger partial charge in [0.2, 0.25) is 0 Å². The Bertz CT molecular complexity index is 626. The van der Waals surface area contributed by atoms with Gasteiger partial charge in [0.05, 0.1) is 11.0 Å². The van der Waals surface area contributed by atoms with Crippen LogP contribution in [0, 0.1) is 0 Å². The molecule has 3 heterocycles. The van der Waals surface area contributed by atoms with Crippen molar-refractivity contribution in [3.63, 3.8) is 0 Å². The topological polar surface area (TPSA) is 39.1 Å². The molecule has 4 rings (SSSR count). The SMILES string of the molecule is Cn1c(C2CCOCC2)nc2cc3c(cc21)NCC3. The van der Waals surface area contributed by atoms with Gasteiger partial charge in [0.25, 0.3) is 0 Å². The maximum absolute atomic E-state index is 5.45. The highest BCUT2D eigenvalue weighted by Gasteiger charge is 2.22. The molecule has 4 nitrogen and oxygen atoms in total. The standard InChI is InChI=1S/C15H19N3O/c1-18-14-9-12-11(2-5-16-12)8-13(14)17-15(18)10-3-6-19-7-4-10/h8-10,16H,2-7H2,1H3. The van der Waals surface area contributed by atoms with E-state index in [2.05, 4.69) is 29.1 Å². The summed E-state index contributed by atoms with van der Waals surface area (Å²) in [5.41, 5.74) is 5.08. The molecule has 0 atom stereocenters. The number of hydrogen-bond acceptors (Lipinski definition) is 3. The summed E-state index contributed by atoms with van der Waals surface area (Å²) in [5, 5.41) is 3.45. The predicted molar refractivity (Wildman–Crippen MR) is 75.7 cm³/mol. The molecule has 1 fully saturated rings. The van der Waals surface area contributed by atoms with Crippen LogP contribution in [-0.2, 0) is 18.2 Å². The third kappa shape index (κ3) is 1.74. The molecule has 1 saturated heterocycles. The van der Waals surface area contributed by atoms with E-state index in [1.807, 2.05) is 0 Å². The molecule has 1 aromatic heterocycles. The van der Waals surface area contributed by atoms with Crippen molar-refractivity contribution in [2.24, 2.45) is 7.05 Å². The molecule has 100 valence electrons. The Labute approximate surface area is 112 Å². The minimum Gasteiger partial charge on any atom is -0.384 e. The van der Waals surface area contributed by atoms with Gasteiger partial charge >= 0.3 is 0 Å². The normalized spacial score (nSPS) is 19.6. The van der Waals surface area contributed by atoms with E-state index in [0.29, 0.717) is 5.92 Å². The number of nitrogens with one attached hydrogen (secondary N) is 1. The number of nitrogens with zero attached hydrogens (tertiary/aromatic N) is 2. The number of aryl methyl sites for hydroxylation is 1. The minimum atomic E-state index is 0.550. The molecular formula is C15H19N3O. The summed E-state index contributed by atoms with van der Waals surface area (Å²) < 4.78 is 7.72. The lowest BCUT2D eigenvalue weighted by molar-refractivity contribution is 0.0831. The number of rotatable bonds is 1. The molecule has 0 radical (unpaired) electrons. The highest BCUT2D eigenvalue weighted by atomic mass is 16.5. The first-order valence-electron chi connectivity index (χ1n) is 7.14. The first kappa shape index (κ1) is 11.3. The number of aromatic nitrogens is 2. The monoisotopic (exact) mass is 257 g/mol. The number of anilines is 1. The second kappa shape index (κ2) is 4.23. The van der Waals surface area contributed by atoms with Crippen molar-refractivity contribution in [2.75, 3.05) is 25.1 Å². The third-order valence-electron chi connectivity index (χ3n) is 4.44. The van der Waals surface area contributed by atoms with Crippen LogP contribution >= 0.6 is 0 Å². The molecular weight excluding hydrogens is 238 g/mol. The quantitative estimate of drug-likeness (QED) is 0.853. The van der Waals surface area contributed by atoms with Crippen molar-refractivity contribution >= 4 is 16.7 Å². The lowest BCUT2D eigenvalue weighted by Crippen LogP contribution is -2.17. The molecule has 2 aliphatic heterocycles. The van der Waals surface area contributed by atoms with Crippen molar-refractivity contribution < 1.29 is 4.74 Å². The molecule has 2 aromatic rings. The minimum absolute atomic E-state index is 0.550. The fraction of sp³-hybridized carbons (Fsp3) is 0.533. The summed E-state index contributed by atoms with van der Waals surface area (Å²) in [6.07, 6.45) is 3.30. The Hall–Kier alpha value is -1.55. The lowest BCUT2D eigenvalue weighted by atomic mass is 9.99. The summed E-state index contributed by atoms with van der Waals surface area (Å²) in [7, 11) is 2.14. The van der Waals surface area contributed by atoms with Gasteiger partial charge < -0.3 is 14.6 Å². The molecule has 0 unspecified atom stereocenters. The molecule has 0 saturated carbocycles. The average Bonchev–Trinajstić information content (AvgIpc) is 3.02. The summed E-state index contributed by atoms with van der Waals surface area (Å²) in [6, 6.07) is 4.51. The number of ether oxygens (including phenoxy) is 1. The van der Waals surface area contributed by atoms with Crippen LogP contribution in [0.3, 0.4) is 0 Å². The van der Waals surface area contributed by atoms with Crippen molar-refractivity contribution in [1.29, 1.82) is 0 Å². The Balaban J connectivity index is 1.82. The van der Waals surface area contributed by atoms with Crippen molar-refractivity contribution in [3.8, 4) is 0 Å². The van der Waals surface area contributed by atoms with Crippen LogP contribution < -0.4 is 5.32 Å². The van der Waals surface area contributed by atoms with Gasteiger partial charge in [-0.15, -0.1) is 0 Å². The second-order valence-electron chi connectivity index (χ2n) is 5.59. The summed E-state index contributed by atoms with van der Waals surface area (Å²) in [5.74, 6) is 1.77. The van der Waals surface area contributed by atoms with Gasteiger partial charge in [-0.05, 0) is 37.0 Å². The maximum Gasteiger partial charge on any atom is 0.112 e. The maximum atomic E-state index is 5.45. The van der Waals surface area contributed by atoms with E-state index in [1.165, 1.54) is 22.6 Å². The number of benzene rings is 1. The lowest BCUT2D eigenvalue weighted by Gasteiger charge is -2.21. The van der Waals surface area contributed by atoms with Gasteiger partial charge in [-0.1, -0.05) is 0 Å². The van der Waals surface area contributed by atoms with Crippen LogP contribution in [-0.4, -0.2) is 29.3 Å². The number of imidazole rings is 1.